The minimum Gasteiger partial charge on any atom is -0.493 e. The first-order valence-electron chi connectivity index (χ1n) is 10.00. The molecule has 11 heteroatoms. The summed E-state index contributed by atoms with van der Waals surface area (Å²) in [5.74, 6) is 5.55. The third-order valence-electron chi connectivity index (χ3n) is 4.86. The van der Waals surface area contributed by atoms with Gasteiger partial charge in [0.05, 0.1) is 6.54 Å². The van der Waals surface area contributed by atoms with Crippen LogP contribution in [0.5, 0.6) is 0 Å². The molecule has 0 aliphatic carbocycles. The van der Waals surface area contributed by atoms with Gasteiger partial charge in [-0.05, 0) is 27.7 Å². The highest BCUT2D eigenvalue weighted by atomic mass is 16.6. The van der Waals surface area contributed by atoms with Crippen molar-refractivity contribution in [1.29, 1.82) is 0 Å². The molecule has 0 unspecified atom stereocenters. The van der Waals surface area contributed by atoms with E-state index in [4.69, 9.17) is 10.5 Å². The number of aliphatic hydroxyl groups is 1. The highest BCUT2D eigenvalue weighted by molar-refractivity contribution is 6.00. The number of hydrogen-bond acceptors (Lipinski definition) is 8. The zero-order chi connectivity index (χ0) is 22.9. The van der Waals surface area contributed by atoms with E-state index in [1.165, 1.54) is 12.1 Å². The predicted molar refractivity (Wildman–Crippen MR) is 115 cm³/mol. The second-order valence-electron chi connectivity index (χ2n) is 8.31. The standard InChI is InChI=1S/C20H29N7O4/c1-6-7-8-27-15-13(14(16(21)28)23-24(5)17(15)29)22-18(27)25-9-11-26(12-10-25)19(30)31-20(2,3)4/h23,28H,8-12,21H2,1-5H3. The molecule has 1 saturated heterocycles. The quantitative estimate of drug-likeness (QED) is 0.461. The molecule has 31 heavy (non-hydrogen) atoms. The molecular weight excluding hydrogens is 402 g/mol. The van der Waals surface area contributed by atoms with Crippen molar-refractivity contribution < 1.29 is 19.4 Å². The number of fused-ring (bicyclic) bond motifs is 1. The van der Waals surface area contributed by atoms with Gasteiger partial charge in [0.15, 0.2) is 0 Å². The average molecular weight is 431 g/mol. The normalized spacial score (nSPS) is 18.1. The lowest BCUT2D eigenvalue weighted by molar-refractivity contribution is 0.0240. The Balaban J connectivity index is 1.92. The molecule has 2 aliphatic heterocycles. The topological polar surface area (TPSA) is 129 Å². The van der Waals surface area contributed by atoms with Crippen LogP contribution in [0.1, 0.15) is 43.9 Å². The number of hydrazine groups is 1. The Morgan fingerprint density at radius 2 is 1.94 bits per heavy atom. The fourth-order valence-corrected chi connectivity index (χ4v) is 3.41. The van der Waals surface area contributed by atoms with E-state index in [0.29, 0.717) is 37.8 Å². The van der Waals surface area contributed by atoms with Gasteiger partial charge in [-0.2, -0.15) is 0 Å². The number of aromatic nitrogens is 2. The molecule has 0 saturated carbocycles. The number of aliphatic hydroxyl groups excluding tert-OH is 1. The number of piperazine rings is 1. The van der Waals surface area contributed by atoms with Crippen LogP contribution in [0.4, 0.5) is 10.7 Å². The van der Waals surface area contributed by atoms with E-state index in [1.807, 2.05) is 25.7 Å². The molecule has 168 valence electrons. The number of amides is 2. The van der Waals surface area contributed by atoms with E-state index in [2.05, 4.69) is 22.3 Å². The van der Waals surface area contributed by atoms with Crippen LogP contribution in [0.25, 0.3) is 5.70 Å². The number of carbonyl (C=O) groups is 2. The maximum atomic E-state index is 12.9. The van der Waals surface area contributed by atoms with Crippen LogP contribution in [-0.2, 0) is 11.3 Å². The van der Waals surface area contributed by atoms with Crippen LogP contribution in [0, 0.1) is 11.8 Å². The van der Waals surface area contributed by atoms with Crippen molar-refractivity contribution in [3.63, 3.8) is 0 Å². The van der Waals surface area contributed by atoms with Gasteiger partial charge in [0, 0.05) is 33.2 Å². The zero-order valence-corrected chi connectivity index (χ0v) is 18.5. The fraction of sp³-hybridized carbons (Fsp3) is 0.550. The van der Waals surface area contributed by atoms with Gasteiger partial charge in [-0.1, -0.05) is 5.92 Å². The summed E-state index contributed by atoms with van der Waals surface area (Å²) in [5, 5.41) is 11.1. The van der Waals surface area contributed by atoms with Crippen molar-refractivity contribution in [2.75, 3.05) is 38.1 Å². The molecule has 0 radical (unpaired) electrons. The summed E-state index contributed by atoms with van der Waals surface area (Å²) in [6.07, 6.45) is -0.356. The van der Waals surface area contributed by atoms with Crippen LogP contribution >= 0.6 is 0 Å². The summed E-state index contributed by atoms with van der Waals surface area (Å²) in [4.78, 5) is 33.5. The number of nitrogens with zero attached hydrogens (tertiary/aromatic N) is 5. The summed E-state index contributed by atoms with van der Waals surface area (Å²) in [7, 11) is 1.54. The summed E-state index contributed by atoms with van der Waals surface area (Å²) in [6.45, 7) is 9.35. The first kappa shape index (κ1) is 22.1. The molecule has 1 aromatic heterocycles. The molecule has 3 rings (SSSR count). The third-order valence-corrected chi connectivity index (χ3v) is 4.86. The molecule has 1 fully saturated rings. The van der Waals surface area contributed by atoms with E-state index >= 15 is 0 Å². The molecule has 1 aromatic rings. The molecular formula is C20H29N7O4. The van der Waals surface area contributed by atoms with Crippen molar-refractivity contribution in [3.8, 4) is 11.8 Å². The van der Waals surface area contributed by atoms with Crippen molar-refractivity contribution in [2.24, 2.45) is 5.73 Å². The van der Waals surface area contributed by atoms with E-state index in [0.717, 1.165) is 0 Å². The minimum atomic E-state index is -0.561. The lowest BCUT2D eigenvalue weighted by Gasteiger charge is -2.36. The van der Waals surface area contributed by atoms with Crippen LogP contribution in [0.15, 0.2) is 5.88 Å². The summed E-state index contributed by atoms with van der Waals surface area (Å²) in [6, 6.07) is 0. The number of ether oxygens (including phenoxy) is 1. The second kappa shape index (κ2) is 8.29. The van der Waals surface area contributed by atoms with Gasteiger partial charge in [0.1, 0.15) is 22.7 Å². The van der Waals surface area contributed by atoms with E-state index < -0.39 is 11.5 Å². The van der Waals surface area contributed by atoms with Crippen molar-refractivity contribution >= 4 is 23.6 Å². The second-order valence-corrected chi connectivity index (χ2v) is 8.31. The average Bonchev–Trinajstić information content (AvgIpc) is 3.07. The number of nitrogens with two attached hydrogens (primary N) is 1. The third kappa shape index (κ3) is 4.47. The molecule has 2 amide bonds. The summed E-state index contributed by atoms with van der Waals surface area (Å²) in [5.41, 5.74) is 8.53. The van der Waals surface area contributed by atoms with E-state index in [1.54, 1.807) is 16.4 Å². The molecule has 11 nitrogen and oxygen atoms in total. The number of rotatable bonds is 2. The van der Waals surface area contributed by atoms with Gasteiger partial charge >= 0.3 is 6.09 Å². The van der Waals surface area contributed by atoms with E-state index in [-0.39, 0.29) is 29.9 Å². The highest BCUT2D eigenvalue weighted by Gasteiger charge is 2.36. The fourth-order valence-electron chi connectivity index (χ4n) is 3.41. The van der Waals surface area contributed by atoms with Gasteiger partial charge in [-0.3, -0.25) is 19.8 Å². The molecule has 0 aromatic carbocycles. The van der Waals surface area contributed by atoms with Crippen molar-refractivity contribution in [3.05, 3.63) is 17.3 Å². The lowest BCUT2D eigenvalue weighted by Crippen LogP contribution is -2.50. The van der Waals surface area contributed by atoms with Gasteiger partial charge in [-0.15, -0.1) is 5.92 Å². The number of imidazole rings is 1. The Labute approximate surface area is 181 Å². The molecule has 4 N–H and O–H groups in total. The maximum absolute atomic E-state index is 12.9. The van der Waals surface area contributed by atoms with Gasteiger partial charge < -0.3 is 25.4 Å². The van der Waals surface area contributed by atoms with E-state index in [9.17, 15) is 14.7 Å². The molecule has 0 bridgehead atoms. The summed E-state index contributed by atoms with van der Waals surface area (Å²) >= 11 is 0. The molecule has 0 spiro atoms. The Morgan fingerprint density at radius 3 is 2.48 bits per heavy atom. The largest absolute Gasteiger partial charge is 0.493 e. The van der Waals surface area contributed by atoms with Gasteiger partial charge in [0.25, 0.3) is 5.91 Å². The van der Waals surface area contributed by atoms with Crippen molar-refractivity contribution in [1.82, 2.24) is 24.9 Å². The Bertz CT molecular complexity index is 968. The monoisotopic (exact) mass is 431 g/mol. The lowest BCUT2D eigenvalue weighted by atomic mass is 10.2. The first-order chi connectivity index (χ1) is 14.5. The summed E-state index contributed by atoms with van der Waals surface area (Å²) < 4.78 is 7.17. The van der Waals surface area contributed by atoms with Crippen LogP contribution < -0.4 is 16.1 Å². The van der Waals surface area contributed by atoms with Crippen molar-refractivity contribution in [2.45, 2.75) is 39.8 Å². The number of nitrogens with one attached hydrogen (secondary N) is 1. The number of carbonyl (C=O) groups excluding carboxylic acids is 2. The minimum absolute atomic E-state index is 0.161. The molecule has 2 aliphatic rings. The zero-order valence-electron chi connectivity index (χ0n) is 18.5. The van der Waals surface area contributed by atoms with Gasteiger partial charge in [-0.25, -0.2) is 9.78 Å². The Morgan fingerprint density at radius 1 is 1.29 bits per heavy atom. The first-order valence-corrected chi connectivity index (χ1v) is 10.00. The smallest absolute Gasteiger partial charge is 0.410 e. The van der Waals surface area contributed by atoms with Crippen LogP contribution in [0.2, 0.25) is 0 Å². The predicted octanol–water partition coefficient (Wildman–Crippen LogP) is 0.697. The SMILES string of the molecule is CC#CCn1c(N2CCN(C(=O)OC(C)(C)C)CC2)nc2c1C(=O)N(C)NC2=C(N)O. The Kier molecular flexibility index (Phi) is 5.92. The molecule has 3 heterocycles. The van der Waals surface area contributed by atoms with Crippen LogP contribution in [-0.4, -0.2) is 75.4 Å². The number of anilines is 1. The molecule has 0 atom stereocenters. The number of hydrogen-bond donors (Lipinski definition) is 3. The maximum Gasteiger partial charge on any atom is 0.410 e. The highest BCUT2D eigenvalue weighted by Crippen LogP contribution is 2.29. The van der Waals surface area contributed by atoms with Crippen LogP contribution in [0.3, 0.4) is 0 Å². The Hall–Kier alpha value is -3.55. The van der Waals surface area contributed by atoms with Gasteiger partial charge in [0.2, 0.25) is 11.8 Å².